The Kier molecular flexibility index (Phi) is 4.22. The van der Waals surface area contributed by atoms with E-state index in [1.807, 2.05) is 6.07 Å². The largest absolute Gasteiger partial charge is 1.00 e. The first kappa shape index (κ1) is 13.3. The van der Waals surface area contributed by atoms with E-state index in [9.17, 15) is 0 Å². The molecule has 5 heteroatoms. The molecule has 0 bridgehead atoms. The molecule has 0 amide bonds. The van der Waals surface area contributed by atoms with Crippen LogP contribution in [0.5, 0.6) is 0 Å². The second-order valence-corrected chi connectivity index (χ2v) is 4.42. The number of nitrogens with two attached hydrogens (primary N) is 1. The third-order valence-corrected chi connectivity index (χ3v) is 3.28. The minimum absolute atomic E-state index is 0. The van der Waals surface area contributed by atoms with Gasteiger partial charge >= 0.3 is 0 Å². The summed E-state index contributed by atoms with van der Waals surface area (Å²) in [5.74, 6) is 0. The molecule has 4 nitrogen and oxygen atoms in total. The number of halogens is 1. The number of hydrogen-bond donors (Lipinski definition) is 1. The molecule has 1 atom stereocenters. The summed E-state index contributed by atoms with van der Waals surface area (Å²) < 4.78 is 7.99. The highest BCUT2D eigenvalue weighted by atomic mass is 35.5. The van der Waals surface area contributed by atoms with Crippen molar-refractivity contribution in [2.45, 2.75) is 19.6 Å². The van der Waals surface area contributed by atoms with E-state index < -0.39 is 0 Å². The Morgan fingerprint density at radius 1 is 1.44 bits per heavy atom. The van der Waals surface area contributed by atoms with Crippen LogP contribution >= 0.6 is 0 Å². The fraction of sp³-hybridized carbons (Fsp3) is 0.462. The number of hydrogen-bond acceptors (Lipinski definition) is 2. The van der Waals surface area contributed by atoms with E-state index in [-0.39, 0.29) is 18.5 Å². The first-order chi connectivity index (χ1) is 8.40. The topological polar surface area (TPSA) is 43.7 Å². The maximum Gasteiger partial charge on any atom is 0.148 e. The number of aromatic nitrogens is 2. The minimum Gasteiger partial charge on any atom is -1.00 e. The van der Waals surface area contributed by atoms with Crippen LogP contribution in [0.1, 0.15) is 18.7 Å². The summed E-state index contributed by atoms with van der Waals surface area (Å²) in [6, 6.07) is 8.32. The molecule has 1 aromatic carbocycles. The van der Waals surface area contributed by atoms with Crippen LogP contribution < -0.4 is 17.7 Å². The van der Waals surface area contributed by atoms with Crippen molar-refractivity contribution in [2.24, 2.45) is 0 Å². The molecule has 0 saturated heterocycles. The van der Waals surface area contributed by atoms with Gasteiger partial charge in [0.15, 0.2) is 0 Å². The Morgan fingerprint density at radius 2 is 2.28 bits per heavy atom. The van der Waals surface area contributed by atoms with Crippen molar-refractivity contribution in [3.05, 3.63) is 30.0 Å². The van der Waals surface area contributed by atoms with E-state index in [1.165, 1.54) is 11.1 Å². The van der Waals surface area contributed by atoms with Crippen LogP contribution in [0, 0.1) is 0 Å². The van der Waals surface area contributed by atoms with E-state index >= 15 is 0 Å². The highest BCUT2D eigenvalue weighted by molar-refractivity contribution is 5.81. The first-order valence-corrected chi connectivity index (χ1v) is 6.29. The number of fused-ring (bicyclic) bond motifs is 3. The summed E-state index contributed by atoms with van der Waals surface area (Å²) in [5.41, 5.74) is 2.33. The van der Waals surface area contributed by atoms with Gasteiger partial charge in [0, 0.05) is 5.39 Å². The van der Waals surface area contributed by atoms with E-state index in [4.69, 9.17) is 4.74 Å². The van der Waals surface area contributed by atoms with Gasteiger partial charge in [0.25, 0.3) is 0 Å². The van der Waals surface area contributed by atoms with E-state index in [1.54, 1.807) is 0 Å². The van der Waals surface area contributed by atoms with Gasteiger partial charge in [-0.2, -0.15) is 5.10 Å². The monoisotopic (exact) mass is 267 g/mol. The van der Waals surface area contributed by atoms with Gasteiger partial charge < -0.3 is 22.5 Å². The molecule has 0 radical (unpaired) electrons. The quantitative estimate of drug-likeness (QED) is 0.680. The van der Waals surface area contributed by atoms with Gasteiger partial charge in [-0.15, -0.1) is 0 Å². The highest BCUT2D eigenvalue weighted by Crippen LogP contribution is 2.28. The lowest BCUT2D eigenvalue weighted by molar-refractivity contribution is -0.659. The number of quaternary nitrogens is 1. The van der Waals surface area contributed by atoms with Crippen LogP contribution in [0.2, 0.25) is 0 Å². The molecular formula is C13H18ClN3O. The molecule has 0 aliphatic carbocycles. The molecule has 18 heavy (non-hydrogen) atoms. The van der Waals surface area contributed by atoms with Crippen molar-refractivity contribution in [1.29, 1.82) is 0 Å². The lowest BCUT2D eigenvalue weighted by Crippen LogP contribution is -3.00. The van der Waals surface area contributed by atoms with Crippen LogP contribution in [0.15, 0.2) is 24.3 Å². The van der Waals surface area contributed by atoms with Crippen molar-refractivity contribution in [2.75, 3.05) is 19.7 Å². The Bertz CT molecular complexity index is 526. The lowest BCUT2D eigenvalue weighted by atomic mass is 10.1. The molecular weight excluding hydrogens is 250 g/mol. The second-order valence-electron chi connectivity index (χ2n) is 4.42. The van der Waals surface area contributed by atoms with Gasteiger partial charge in [-0.05, 0) is 13.0 Å². The van der Waals surface area contributed by atoms with Gasteiger partial charge in [0.1, 0.15) is 12.6 Å². The van der Waals surface area contributed by atoms with Gasteiger partial charge in [-0.1, -0.05) is 18.2 Å². The first-order valence-electron chi connectivity index (χ1n) is 6.29. The molecule has 1 aliphatic rings. The Labute approximate surface area is 113 Å². The molecule has 3 rings (SSSR count). The van der Waals surface area contributed by atoms with Gasteiger partial charge in [-0.25, -0.2) is 0 Å². The third-order valence-electron chi connectivity index (χ3n) is 3.28. The summed E-state index contributed by atoms with van der Waals surface area (Å²) >= 11 is 0. The molecule has 0 spiro atoms. The van der Waals surface area contributed by atoms with Gasteiger partial charge in [0.2, 0.25) is 0 Å². The second kappa shape index (κ2) is 5.69. The predicted molar refractivity (Wildman–Crippen MR) is 65.8 cm³/mol. The molecule has 2 aromatic rings. The minimum atomic E-state index is 0. The Balaban J connectivity index is 0.00000120. The van der Waals surface area contributed by atoms with Crippen molar-refractivity contribution in [3.8, 4) is 0 Å². The molecule has 1 aromatic heterocycles. The van der Waals surface area contributed by atoms with Crippen LogP contribution in [-0.4, -0.2) is 29.5 Å². The standard InChI is InChI=1S/C13H17N3O.ClH/c1-2-14-9-12-13-10-5-3-4-6-11(10)15-16(13)7-8-17-12;/h3-6,12,14H,2,7-9H2,1H3;1H. The zero-order valence-electron chi connectivity index (χ0n) is 10.5. The molecule has 0 saturated carbocycles. The predicted octanol–water partition coefficient (Wildman–Crippen LogP) is -2.31. The number of likely N-dealkylation sites (N-methyl/N-ethyl adjacent to an activating group) is 1. The maximum absolute atomic E-state index is 5.88. The number of benzene rings is 1. The molecule has 1 aliphatic heterocycles. The van der Waals surface area contributed by atoms with Crippen LogP contribution in [0.3, 0.4) is 0 Å². The summed E-state index contributed by atoms with van der Waals surface area (Å²) in [6.45, 7) is 5.87. The smallest absolute Gasteiger partial charge is 0.148 e. The van der Waals surface area contributed by atoms with Crippen molar-refractivity contribution in [1.82, 2.24) is 9.78 Å². The van der Waals surface area contributed by atoms with E-state index in [0.29, 0.717) is 0 Å². The molecule has 2 N–H and O–H groups in total. The SMILES string of the molecule is CC[NH2+]CC1OCCn2nc3ccccc3c21.[Cl-]. The maximum atomic E-state index is 5.88. The summed E-state index contributed by atoms with van der Waals surface area (Å²) in [5, 5.41) is 8.15. The average Bonchev–Trinajstić information content (AvgIpc) is 2.75. The third kappa shape index (κ3) is 2.23. The van der Waals surface area contributed by atoms with E-state index in [2.05, 4.69) is 40.2 Å². The normalized spacial score (nSPS) is 18.4. The summed E-state index contributed by atoms with van der Waals surface area (Å²) in [4.78, 5) is 0. The Hall–Kier alpha value is -1.10. The fourth-order valence-electron chi connectivity index (χ4n) is 2.47. The van der Waals surface area contributed by atoms with Crippen LogP contribution in [-0.2, 0) is 11.3 Å². The van der Waals surface area contributed by atoms with Gasteiger partial charge in [0.05, 0.1) is 30.9 Å². The average molecular weight is 268 g/mol. The molecule has 2 heterocycles. The summed E-state index contributed by atoms with van der Waals surface area (Å²) in [7, 11) is 0. The lowest BCUT2D eigenvalue weighted by Gasteiger charge is -2.23. The van der Waals surface area contributed by atoms with Crippen LogP contribution in [0.25, 0.3) is 10.9 Å². The summed E-state index contributed by atoms with van der Waals surface area (Å²) in [6.07, 6.45) is 0.177. The fourth-order valence-corrected chi connectivity index (χ4v) is 2.47. The van der Waals surface area contributed by atoms with Crippen molar-refractivity contribution in [3.63, 3.8) is 0 Å². The highest BCUT2D eigenvalue weighted by Gasteiger charge is 2.26. The molecule has 1 unspecified atom stereocenters. The number of ether oxygens (including phenoxy) is 1. The Morgan fingerprint density at radius 3 is 3.11 bits per heavy atom. The zero-order valence-corrected chi connectivity index (χ0v) is 11.2. The zero-order chi connectivity index (χ0) is 11.7. The number of nitrogens with zero attached hydrogens (tertiary/aromatic N) is 2. The van der Waals surface area contributed by atoms with Crippen LogP contribution in [0.4, 0.5) is 0 Å². The van der Waals surface area contributed by atoms with Crippen molar-refractivity contribution >= 4 is 10.9 Å². The van der Waals surface area contributed by atoms with Gasteiger partial charge in [-0.3, -0.25) is 4.68 Å². The van der Waals surface area contributed by atoms with Crippen molar-refractivity contribution < 1.29 is 22.5 Å². The van der Waals surface area contributed by atoms with E-state index in [0.717, 1.165) is 31.8 Å². The molecule has 0 fully saturated rings. The molecule has 98 valence electrons. The number of rotatable bonds is 3.